The Labute approximate surface area is 168 Å². The molecular formula is C22H21N3O4. The molecule has 1 aromatic carbocycles. The van der Waals surface area contributed by atoms with Gasteiger partial charge < -0.3 is 15.0 Å². The minimum absolute atomic E-state index is 0.0901. The molecule has 0 saturated carbocycles. The molecule has 0 bridgehead atoms. The van der Waals surface area contributed by atoms with Crippen LogP contribution in [0.1, 0.15) is 18.9 Å². The lowest BCUT2D eigenvalue weighted by molar-refractivity contribution is -0.140. The summed E-state index contributed by atoms with van der Waals surface area (Å²) in [5.41, 5.74) is -0.0627. The largest absolute Gasteiger partial charge is 0.462 e. The predicted octanol–water partition coefficient (Wildman–Crippen LogP) is 1.67. The number of aliphatic imine (C=N–C) groups is 1. The normalized spacial score (nSPS) is 22.4. The number of amides is 1. The van der Waals surface area contributed by atoms with Crippen LogP contribution in [0.15, 0.2) is 71.0 Å². The molecule has 148 valence electrons. The van der Waals surface area contributed by atoms with Crippen molar-refractivity contribution >= 4 is 23.5 Å². The van der Waals surface area contributed by atoms with E-state index >= 15 is 0 Å². The van der Waals surface area contributed by atoms with Crippen molar-refractivity contribution in [3.8, 4) is 0 Å². The molecule has 1 unspecified atom stereocenters. The van der Waals surface area contributed by atoms with Gasteiger partial charge in [0, 0.05) is 19.2 Å². The minimum Gasteiger partial charge on any atom is -0.462 e. The average Bonchev–Trinajstić information content (AvgIpc) is 3.17. The van der Waals surface area contributed by atoms with E-state index in [0.717, 1.165) is 5.56 Å². The van der Waals surface area contributed by atoms with E-state index in [1.54, 1.807) is 36.3 Å². The fourth-order valence-electron chi connectivity index (χ4n) is 3.92. The van der Waals surface area contributed by atoms with Gasteiger partial charge in [0.1, 0.15) is 11.4 Å². The number of hydrogen-bond acceptors (Lipinski definition) is 6. The van der Waals surface area contributed by atoms with Crippen LogP contribution in [0.4, 0.5) is 0 Å². The first-order valence-electron chi connectivity index (χ1n) is 9.58. The molecule has 1 N–H and O–H groups in total. The molecule has 0 saturated heterocycles. The highest BCUT2D eigenvalue weighted by Crippen LogP contribution is 2.43. The van der Waals surface area contributed by atoms with Crippen LogP contribution in [0.25, 0.3) is 0 Å². The zero-order valence-corrected chi connectivity index (χ0v) is 16.1. The van der Waals surface area contributed by atoms with Crippen molar-refractivity contribution in [2.24, 2.45) is 4.99 Å². The van der Waals surface area contributed by atoms with Crippen molar-refractivity contribution in [2.45, 2.75) is 25.3 Å². The monoisotopic (exact) mass is 391 g/mol. The smallest absolute Gasteiger partial charge is 0.343 e. The SMILES string of the molecule is CCOC(=O)C1=C(NCCc2ccccc2)C2(CC1=O)C(=O)N=C1C=CC=CN12. The van der Waals surface area contributed by atoms with E-state index in [1.807, 2.05) is 30.3 Å². The van der Waals surface area contributed by atoms with Gasteiger partial charge in [-0.05, 0) is 31.1 Å². The van der Waals surface area contributed by atoms with Crippen molar-refractivity contribution in [3.63, 3.8) is 0 Å². The first kappa shape index (κ1) is 18.9. The third-order valence-corrected chi connectivity index (χ3v) is 5.22. The summed E-state index contributed by atoms with van der Waals surface area (Å²) < 4.78 is 5.11. The summed E-state index contributed by atoms with van der Waals surface area (Å²) in [5, 5.41) is 3.21. The van der Waals surface area contributed by atoms with Crippen molar-refractivity contribution in [2.75, 3.05) is 13.2 Å². The number of hydrogen-bond donors (Lipinski definition) is 1. The minimum atomic E-state index is -1.35. The molecule has 1 spiro atoms. The summed E-state index contributed by atoms with van der Waals surface area (Å²) in [4.78, 5) is 44.2. The molecular weight excluding hydrogens is 370 g/mol. The van der Waals surface area contributed by atoms with Crippen LogP contribution >= 0.6 is 0 Å². The van der Waals surface area contributed by atoms with Crippen LogP contribution < -0.4 is 5.32 Å². The number of amidine groups is 1. The Morgan fingerprint density at radius 3 is 2.79 bits per heavy atom. The highest BCUT2D eigenvalue weighted by Gasteiger charge is 2.60. The Balaban J connectivity index is 1.70. The first-order chi connectivity index (χ1) is 14.1. The maximum absolute atomic E-state index is 13.0. The highest BCUT2D eigenvalue weighted by molar-refractivity contribution is 6.26. The van der Waals surface area contributed by atoms with Crippen LogP contribution in [0.3, 0.4) is 0 Å². The van der Waals surface area contributed by atoms with Gasteiger partial charge in [-0.1, -0.05) is 36.4 Å². The summed E-state index contributed by atoms with van der Waals surface area (Å²) in [7, 11) is 0. The Bertz CT molecular complexity index is 991. The number of allylic oxidation sites excluding steroid dienone is 2. The van der Waals surface area contributed by atoms with E-state index in [2.05, 4.69) is 10.3 Å². The van der Waals surface area contributed by atoms with Crippen molar-refractivity contribution in [1.29, 1.82) is 0 Å². The molecule has 0 radical (unpaired) electrons. The molecule has 29 heavy (non-hydrogen) atoms. The van der Waals surface area contributed by atoms with Gasteiger partial charge in [-0.15, -0.1) is 0 Å². The average molecular weight is 391 g/mol. The summed E-state index contributed by atoms with van der Waals surface area (Å²) in [6.07, 6.45) is 7.48. The van der Waals surface area contributed by atoms with Gasteiger partial charge in [0.15, 0.2) is 11.3 Å². The van der Waals surface area contributed by atoms with E-state index in [-0.39, 0.29) is 24.3 Å². The van der Waals surface area contributed by atoms with Crippen LogP contribution in [0, 0.1) is 0 Å². The molecule has 1 amide bonds. The van der Waals surface area contributed by atoms with Crippen LogP contribution in [-0.2, 0) is 25.5 Å². The third-order valence-electron chi connectivity index (χ3n) is 5.22. The van der Waals surface area contributed by atoms with Gasteiger partial charge >= 0.3 is 5.97 Å². The molecule has 0 aromatic heterocycles. The number of rotatable bonds is 6. The molecule has 7 heteroatoms. The molecule has 0 fully saturated rings. The van der Waals surface area contributed by atoms with Crippen molar-refractivity contribution in [1.82, 2.24) is 10.2 Å². The predicted molar refractivity (Wildman–Crippen MR) is 107 cm³/mol. The second-order valence-corrected chi connectivity index (χ2v) is 6.94. The fraction of sp³-hybridized carbons (Fsp3) is 0.273. The van der Waals surface area contributed by atoms with Gasteiger partial charge in [-0.3, -0.25) is 9.59 Å². The van der Waals surface area contributed by atoms with E-state index in [1.165, 1.54) is 0 Å². The van der Waals surface area contributed by atoms with E-state index in [4.69, 9.17) is 4.74 Å². The molecule has 3 aliphatic rings. The maximum atomic E-state index is 13.0. The van der Waals surface area contributed by atoms with Gasteiger partial charge in [0.2, 0.25) is 0 Å². The quantitative estimate of drug-likeness (QED) is 0.586. The highest BCUT2D eigenvalue weighted by atomic mass is 16.5. The van der Waals surface area contributed by atoms with Crippen molar-refractivity contribution < 1.29 is 19.1 Å². The number of esters is 1. The summed E-state index contributed by atoms with van der Waals surface area (Å²) >= 11 is 0. The number of ketones is 1. The zero-order valence-electron chi connectivity index (χ0n) is 16.1. The lowest BCUT2D eigenvalue weighted by Crippen LogP contribution is -2.52. The summed E-state index contributed by atoms with van der Waals surface area (Å²) in [6.45, 7) is 2.27. The molecule has 1 aliphatic carbocycles. The summed E-state index contributed by atoms with van der Waals surface area (Å²) in [6, 6.07) is 9.83. The van der Waals surface area contributed by atoms with E-state index < -0.39 is 23.2 Å². The number of ether oxygens (including phenoxy) is 1. The number of nitrogens with one attached hydrogen (secondary N) is 1. The van der Waals surface area contributed by atoms with Crippen LogP contribution in [0.5, 0.6) is 0 Å². The van der Waals surface area contributed by atoms with Gasteiger partial charge in [-0.25, -0.2) is 4.79 Å². The van der Waals surface area contributed by atoms with Crippen LogP contribution in [-0.4, -0.2) is 47.1 Å². The van der Waals surface area contributed by atoms with Gasteiger partial charge in [0.05, 0.1) is 12.3 Å². The lowest BCUT2D eigenvalue weighted by Gasteiger charge is -2.35. The second-order valence-electron chi connectivity index (χ2n) is 6.94. The van der Waals surface area contributed by atoms with Crippen LogP contribution in [0.2, 0.25) is 0 Å². The Hall–Kier alpha value is -3.48. The number of carbonyl (C=O) groups is 3. The van der Waals surface area contributed by atoms with E-state index in [9.17, 15) is 14.4 Å². The third kappa shape index (κ3) is 3.08. The number of nitrogens with zero attached hydrogens (tertiary/aromatic N) is 2. The molecule has 2 aliphatic heterocycles. The standard InChI is InChI=1S/C22H21N3O4/c1-2-29-20(27)18-16(26)14-22(21(28)24-17-10-6-7-13-25(17)22)19(18)23-12-11-15-8-4-3-5-9-15/h3-10,13,23H,2,11-12,14H2,1H3. The molecule has 1 atom stereocenters. The number of carbonyl (C=O) groups excluding carboxylic acids is 3. The Kier molecular flexibility index (Phi) is 4.88. The van der Waals surface area contributed by atoms with Gasteiger partial charge in [-0.2, -0.15) is 4.99 Å². The number of benzene rings is 1. The maximum Gasteiger partial charge on any atom is 0.343 e. The first-order valence-corrected chi connectivity index (χ1v) is 9.58. The summed E-state index contributed by atoms with van der Waals surface area (Å²) in [5.74, 6) is -1.14. The Morgan fingerprint density at radius 1 is 1.24 bits per heavy atom. The zero-order chi connectivity index (χ0) is 20.4. The Morgan fingerprint density at radius 2 is 2.03 bits per heavy atom. The second kappa shape index (κ2) is 7.50. The number of Topliss-reactive ketones (excluding diaryl/α,β-unsaturated/α-hetero) is 1. The molecule has 4 rings (SSSR count). The molecule has 1 aromatic rings. The van der Waals surface area contributed by atoms with E-state index in [0.29, 0.717) is 18.8 Å². The fourth-order valence-corrected chi connectivity index (χ4v) is 3.92. The van der Waals surface area contributed by atoms with Crippen molar-refractivity contribution in [3.05, 3.63) is 71.6 Å². The topological polar surface area (TPSA) is 88.1 Å². The lowest BCUT2D eigenvalue weighted by atomic mass is 9.92. The molecule has 7 nitrogen and oxygen atoms in total. The number of fused-ring (bicyclic) bond motifs is 2. The van der Waals surface area contributed by atoms with Gasteiger partial charge in [0.25, 0.3) is 5.91 Å². The molecule has 2 heterocycles.